The van der Waals surface area contributed by atoms with Gasteiger partial charge in [0.25, 0.3) is 0 Å². The highest BCUT2D eigenvalue weighted by Crippen LogP contribution is 2.27. The van der Waals surface area contributed by atoms with Crippen LogP contribution in [0.4, 0.5) is 5.13 Å². The second-order valence-corrected chi connectivity index (χ2v) is 9.17. The lowest BCUT2D eigenvalue weighted by Crippen LogP contribution is -2.33. The summed E-state index contributed by atoms with van der Waals surface area (Å²) in [5.74, 6) is 1.29. The third-order valence-corrected chi connectivity index (χ3v) is 6.68. The maximum absolute atomic E-state index is 12.8. The van der Waals surface area contributed by atoms with Gasteiger partial charge in [-0.25, -0.2) is 4.98 Å². The Bertz CT molecular complexity index is 1030. The van der Waals surface area contributed by atoms with E-state index in [4.69, 9.17) is 4.74 Å². The topological polar surface area (TPSA) is 54.5 Å². The zero-order valence-corrected chi connectivity index (χ0v) is 18.7. The SMILES string of the molecule is COc1ccc2cc([C@@H](C)C(=O)Nc3nc(CN4CCC[C@H](C)C4)cs3)ccc2c1. The summed E-state index contributed by atoms with van der Waals surface area (Å²) in [6, 6.07) is 12.1. The Labute approximate surface area is 182 Å². The molecule has 3 aromatic rings. The first-order valence-corrected chi connectivity index (χ1v) is 11.4. The molecule has 5 nitrogen and oxygen atoms in total. The van der Waals surface area contributed by atoms with E-state index in [1.807, 2.05) is 37.3 Å². The molecule has 0 unspecified atom stereocenters. The van der Waals surface area contributed by atoms with Crippen molar-refractivity contribution in [2.75, 3.05) is 25.5 Å². The smallest absolute Gasteiger partial charge is 0.233 e. The number of hydrogen-bond donors (Lipinski definition) is 1. The van der Waals surface area contributed by atoms with Crippen LogP contribution in [0.25, 0.3) is 10.8 Å². The minimum absolute atomic E-state index is 0.0321. The molecule has 158 valence electrons. The van der Waals surface area contributed by atoms with Crippen molar-refractivity contribution >= 4 is 33.1 Å². The minimum atomic E-state index is -0.258. The third kappa shape index (κ3) is 4.82. The fraction of sp³-hybridized carbons (Fsp3) is 0.417. The standard InChI is InChI=1S/C24H29N3O2S/c1-16-5-4-10-27(13-16)14-21-15-30-24(25-21)26-23(28)17(2)18-6-7-20-12-22(29-3)9-8-19(20)11-18/h6-9,11-12,15-17H,4-5,10,13-14H2,1-3H3,(H,25,26,28)/t16-,17+/m0/s1. The fourth-order valence-corrected chi connectivity index (χ4v) is 4.80. The normalized spacial score (nSPS) is 18.3. The molecule has 0 spiro atoms. The maximum Gasteiger partial charge on any atom is 0.233 e. The zero-order valence-electron chi connectivity index (χ0n) is 17.9. The number of hydrogen-bond acceptors (Lipinski definition) is 5. The van der Waals surface area contributed by atoms with Gasteiger partial charge in [0.1, 0.15) is 5.75 Å². The highest BCUT2D eigenvalue weighted by Gasteiger charge is 2.19. The molecule has 0 radical (unpaired) electrons. The molecule has 2 heterocycles. The predicted molar refractivity (Wildman–Crippen MR) is 123 cm³/mol. The summed E-state index contributed by atoms with van der Waals surface area (Å²) in [5.41, 5.74) is 2.03. The lowest BCUT2D eigenvalue weighted by Gasteiger charge is -2.30. The van der Waals surface area contributed by atoms with E-state index in [9.17, 15) is 4.79 Å². The van der Waals surface area contributed by atoms with Gasteiger partial charge in [-0.1, -0.05) is 31.2 Å². The molecule has 2 aromatic carbocycles. The number of methoxy groups -OCH3 is 1. The van der Waals surface area contributed by atoms with Crippen molar-refractivity contribution in [3.8, 4) is 5.75 Å². The quantitative estimate of drug-likeness (QED) is 0.586. The molecule has 1 fully saturated rings. The van der Waals surface area contributed by atoms with Crippen LogP contribution in [0.5, 0.6) is 5.75 Å². The highest BCUT2D eigenvalue weighted by molar-refractivity contribution is 7.13. The number of likely N-dealkylation sites (tertiary alicyclic amines) is 1. The number of piperidine rings is 1. The molecular weight excluding hydrogens is 394 g/mol. The predicted octanol–water partition coefficient (Wildman–Crippen LogP) is 5.28. The van der Waals surface area contributed by atoms with Gasteiger partial charge in [0, 0.05) is 18.5 Å². The Morgan fingerprint density at radius 1 is 1.30 bits per heavy atom. The number of anilines is 1. The summed E-state index contributed by atoms with van der Waals surface area (Å²) in [5, 5.41) is 7.94. The molecule has 30 heavy (non-hydrogen) atoms. The number of rotatable bonds is 6. The summed E-state index contributed by atoms with van der Waals surface area (Å²) >= 11 is 1.50. The Balaban J connectivity index is 1.40. The molecule has 2 atom stereocenters. The van der Waals surface area contributed by atoms with Gasteiger partial charge in [-0.2, -0.15) is 0 Å². The summed E-state index contributed by atoms with van der Waals surface area (Å²) in [6.45, 7) is 7.37. The van der Waals surface area contributed by atoms with Crippen molar-refractivity contribution in [1.82, 2.24) is 9.88 Å². The van der Waals surface area contributed by atoms with Crippen molar-refractivity contribution < 1.29 is 9.53 Å². The number of benzene rings is 2. The van der Waals surface area contributed by atoms with Gasteiger partial charge in [0.2, 0.25) is 5.91 Å². The van der Waals surface area contributed by atoms with E-state index in [0.717, 1.165) is 53.3 Å². The van der Waals surface area contributed by atoms with Gasteiger partial charge in [-0.15, -0.1) is 11.3 Å². The van der Waals surface area contributed by atoms with E-state index in [1.165, 1.54) is 24.2 Å². The van der Waals surface area contributed by atoms with Crippen LogP contribution in [-0.4, -0.2) is 36.0 Å². The van der Waals surface area contributed by atoms with E-state index >= 15 is 0 Å². The number of carbonyl (C=O) groups is 1. The van der Waals surface area contributed by atoms with Gasteiger partial charge in [0.15, 0.2) is 5.13 Å². The molecule has 1 aromatic heterocycles. The van der Waals surface area contributed by atoms with Gasteiger partial charge >= 0.3 is 0 Å². The Hall–Kier alpha value is -2.44. The number of carbonyl (C=O) groups excluding carboxylic acids is 1. The number of nitrogens with zero attached hydrogens (tertiary/aromatic N) is 2. The summed E-state index contributed by atoms with van der Waals surface area (Å²) in [7, 11) is 1.67. The molecule has 0 saturated carbocycles. The number of amides is 1. The van der Waals surface area contributed by atoms with Crippen LogP contribution in [0, 0.1) is 5.92 Å². The average molecular weight is 424 g/mol. The minimum Gasteiger partial charge on any atom is -0.497 e. The van der Waals surface area contributed by atoms with Crippen LogP contribution in [0.2, 0.25) is 0 Å². The summed E-state index contributed by atoms with van der Waals surface area (Å²) < 4.78 is 5.29. The molecule has 6 heteroatoms. The van der Waals surface area contributed by atoms with Gasteiger partial charge < -0.3 is 10.1 Å². The monoisotopic (exact) mass is 423 g/mol. The van der Waals surface area contributed by atoms with E-state index in [2.05, 4.69) is 33.6 Å². The third-order valence-electron chi connectivity index (χ3n) is 5.87. The molecule has 1 aliphatic rings. The first-order valence-electron chi connectivity index (χ1n) is 10.6. The second-order valence-electron chi connectivity index (χ2n) is 8.31. The number of nitrogens with one attached hydrogen (secondary N) is 1. The van der Waals surface area contributed by atoms with Gasteiger partial charge in [-0.3, -0.25) is 9.69 Å². The number of thiazole rings is 1. The van der Waals surface area contributed by atoms with Crippen molar-refractivity contribution in [2.45, 2.75) is 39.2 Å². The van der Waals surface area contributed by atoms with Crippen LogP contribution >= 0.6 is 11.3 Å². The highest BCUT2D eigenvalue weighted by atomic mass is 32.1. The van der Waals surface area contributed by atoms with E-state index in [-0.39, 0.29) is 11.8 Å². The number of fused-ring (bicyclic) bond motifs is 1. The lowest BCUT2D eigenvalue weighted by molar-refractivity contribution is -0.117. The average Bonchev–Trinajstić information content (AvgIpc) is 3.19. The first-order chi connectivity index (χ1) is 14.5. The van der Waals surface area contributed by atoms with Crippen LogP contribution in [-0.2, 0) is 11.3 Å². The summed E-state index contributed by atoms with van der Waals surface area (Å²) in [4.78, 5) is 19.9. The Kier molecular flexibility index (Phi) is 6.35. The Morgan fingerprint density at radius 3 is 2.90 bits per heavy atom. The van der Waals surface area contributed by atoms with Crippen LogP contribution in [0.15, 0.2) is 41.8 Å². The van der Waals surface area contributed by atoms with Crippen molar-refractivity contribution in [3.63, 3.8) is 0 Å². The van der Waals surface area contributed by atoms with Crippen molar-refractivity contribution in [2.24, 2.45) is 5.92 Å². The zero-order chi connectivity index (χ0) is 21.1. The molecule has 0 bridgehead atoms. The maximum atomic E-state index is 12.8. The second kappa shape index (κ2) is 9.14. The van der Waals surface area contributed by atoms with Crippen molar-refractivity contribution in [3.05, 3.63) is 53.0 Å². The number of aromatic nitrogens is 1. The van der Waals surface area contributed by atoms with Gasteiger partial charge in [0.05, 0.1) is 18.7 Å². The molecule has 4 rings (SSSR count). The molecule has 1 N–H and O–H groups in total. The van der Waals surface area contributed by atoms with E-state index in [1.54, 1.807) is 7.11 Å². The molecule has 1 aliphatic heterocycles. The van der Waals surface area contributed by atoms with Gasteiger partial charge in [-0.05, 0) is 60.7 Å². The molecule has 0 aliphatic carbocycles. The van der Waals surface area contributed by atoms with E-state index < -0.39 is 0 Å². The number of ether oxygens (including phenoxy) is 1. The molecule has 1 amide bonds. The van der Waals surface area contributed by atoms with Crippen LogP contribution in [0.1, 0.15) is 43.9 Å². The fourth-order valence-electron chi connectivity index (χ4n) is 4.10. The summed E-state index contributed by atoms with van der Waals surface area (Å²) in [6.07, 6.45) is 2.57. The van der Waals surface area contributed by atoms with Crippen molar-refractivity contribution in [1.29, 1.82) is 0 Å². The lowest BCUT2D eigenvalue weighted by atomic mass is 9.97. The molecule has 1 saturated heterocycles. The molecular formula is C24H29N3O2S. The van der Waals surface area contributed by atoms with E-state index in [0.29, 0.717) is 5.13 Å². The largest absolute Gasteiger partial charge is 0.497 e. The van der Waals surface area contributed by atoms with Crippen LogP contribution in [0.3, 0.4) is 0 Å². The first kappa shape index (κ1) is 20.8. The Morgan fingerprint density at radius 2 is 2.10 bits per heavy atom. The van der Waals surface area contributed by atoms with Crippen LogP contribution < -0.4 is 10.1 Å².